The number of hydrogen-bond donors (Lipinski definition) is 3. The van der Waals surface area contributed by atoms with E-state index in [-0.39, 0.29) is 0 Å². The molecular formula is C36H72O4. The quantitative estimate of drug-likeness (QED) is 0.0674. The highest BCUT2D eigenvalue weighted by Gasteiger charge is 2.25. The number of hydrogen-bond acceptors (Lipinski definition) is 3. The molecule has 0 aliphatic rings. The molecule has 4 nitrogen and oxygen atoms in total. The average Bonchev–Trinajstić information content (AvgIpc) is 2.94. The first-order valence-electron chi connectivity index (χ1n) is 18.1. The van der Waals surface area contributed by atoms with Crippen molar-refractivity contribution in [2.45, 2.75) is 218 Å². The smallest absolute Gasteiger partial charge is 0.303 e. The second-order valence-electron chi connectivity index (χ2n) is 12.9. The Kier molecular flexibility index (Phi) is 30.9. The number of carboxylic acids is 1. The Morgan fingerprint density at radius 1 is 0.450 bits per heavy atom. The summed E-state index contributed by atoms with van der Waals surface area (Å²) in [4.78, 5) is 10.6. The number of carboxylic acid groups (broad SMARTS) is 1. The molecule has 0 aromatic rings. The number of unbranched alkanes of at least 4 members (excludes halogenated alkanes) is 25. The molecule has 0 saturated carbocycles. The Balaban J connectivity index is 3.77. The lowest BCUT2D eigenvalue weighted by molar-refractivity contribution is -0.137. The molecule has 1 unspecified atom stereocenters. The van der Waals surface area contributed by atoms with Crippen LogP contribution in [0.4, 0.5) is 0 Å². The third-order valence-electron chi connectivity index (χ3n) is 8.83. The van der Waals surface area contributed by atoms with Crippen LogP contribution in [0.1, 0.15) is 212 Å². The van der Waals surface area contributed by atoms with Crippen LogP contribution < -0.4 is 0 Å². The highest BCUT2D eigenvalue weighted by Crippen LogP contribution is 2.29. The van der Waals surface area contributed by atoms with Crippen molar-refractivity contribution in [2.75, 3.05) is 6.61 Å². The first kappa shape index (κ1) is 39.4. The average molecular weight is 569 g/mol. The van der Waals surface area contributed by atoms with Crippen LogP contribution in [-0.2, 0) is 4.79 Å². The number of aliphatic carboxylic acids is 1. The van der Waals surface area contributed by atoms with E-state index in [1.165, 1.54) is 148 Å². The van der Waals surface area contributed by atoms with Gasteiger partial charge >= 0.3 is 5.97 Å². The van der Waals surface area contributed by atoms with Gasteiger partial charge in [-0.15, -0.1) is 0 Å². The molecule has 4 heteroatoms. The van der Waals surface area contributed by atoms with Crippen molar-refractivity contribution in [3.05, 3.63) is 0 Å². The normalized spacial score (nSPS) is 13.1. The molecule has 0 heterocycles. The van der Waals surface area contributed by atoms with Crippen LogP contribution in [0.25, 0.3) is 0 Å². The van der Waals surface area contributed by atoms with E-state index in [9.17, 15) is 9.90 Å². The molecule has 0 radical (unpaired) electrons. The summed E-state index contributed by atoms with van der Waals surface area (Å²) in [6, 6.07) is 0. The van der Waals surface area contributed by atoms with Gasteiger partial charge in [-0.25, -0.2) is 0 Å². The van der Waals surface area contributed by atoms with Crippen LogP contribution in [0.5, 0.6) is 0 Å². The maximum absolute atomic E-state index is 11.4. The minimum Gasteiger partial charge on any atom is -0.481 e. The SMILES string of the molecule is CCCCCCC(O)(CCCCCCCCCCCCCCCCCCO)CCCCCCCCCCC(=O)O. The van der Waals surface area contributed by atoms with Gasteiger partial charge in [-0.05, 0) is 32.1 Å². The van der Waals surface area contributed by atoms with Crippen LogP contribution in [0.3, 0.4) is 0 Å². The van der Waals surface area contributed by atoms with E-state index in [1.807, 2.05) is 0 Å². The van der Waals surface area contributed by atoms with E-state index in [0.717, 1.165) is 51.4 Å². The highest BCUT2D eigenvalue weighted by molar-refractivity contribution is 5.66. The molecule has 40 heavy (non-hydrogen) atoms. The lowest BCUT2D eigenvalue weighted by Gasteiger charge is -2.29. The van der Waals surface area contributed by atoms with Crippen molar-refractivity contribution in [1.82, 2.24) is 0 Å². The summed E-state index contributed by atoms with van der Waals surface area (Å²) in [6.07, 6.45) is 38.4. The lowest BCUT2D eigenvalue weighted by atomic mass is 9.85. The summed E-state index contributed by atoms with van der Waals surface area (Å²) in [5, 5.41) is 28.9. The molecule has 0 rings (SSSR count). The molecule has 0 bridgehead atoms. The third kappa shape index (κ3) is 30.4. The maximum Gasteiger partial charge on any atom is 0.303 e. The fraction of sp³-hybridized carbons (Fsp3) is 0.972. The van der Waals surface area contributed by atoms with Gasteiger partial charge in [0.1, 0.15) is 0 Å². The van der Waals surface area contributed by atoms with E-state index in [0.29, 0.717) is 13.0 Å². The minimum atomic E-state index is -0.674. The largest absolute Gasteiger partial charge is 0.481 e. The van der Waals surface area contributed by atoms with Crippen LogP contribution >= 0.6 is 0 Å². The van der Waals surface area contributed by atoms with E-state index in [4.69, 9.17) is 10.2 Å². The van der Waals surface area contributed by atoms with Gasteiger partial charge in [-0.1, -0.05) is 174 Å². The zero-order valence-corrected chi connectivity index (χ0v) is 27.1. The van der Waals surface area contributed by atoms with Gasteiger partial charge in [-0.2, -0.15) is 0 Å². The third-order valence-corrected chi connectivity index (χ3v) is 8.83. The Morgan fingerprint density at radius 3 is 1.02 bits per heavy atom. The van der Waals surface area contributed by atoms with Crippen molar-refractivity contribution in [3.63, 3.8) is 0 Å². The van der Waals surface area contributed by atoms with Crippen molar-refractivity contribution >= 4 is 5.97 Å². The standard InChI is InChI=1S/C36H72O4/c1-2-3-4-26-31-36(40,33-28-23-19-15-13-17-21-25-30-35(38)39)32-27-22-18-14-11-9-7-5-6-8-10-12-16-20-24-29-34-37/h37,40H,2-34H2,1H3,(H,38,39). The van der Waals surface area contributed by atoms with Gasteiger partial charge in [-0.3, -0.25) is 4.79 Å². The van der Waals surface area contributed by atoms with Crippen molar-refractivity contribution in [1.29, 1.82) is 0 Å². The molecule has 0 aliphatic heterocycles. The van der Waals surface area contributed by atoms with E-state index in [2.05, 4.69) is 6.92 Å². The summed E-state index contributed by atoms with van der Waals surface area (Å²) < 4.78 is 0. The van der Waals surface area contributed by atoms with Crippen molar-refractivity contribution < 1.29 is 20.1 Å². The molecule has 0 aromatic heterocycles. The van der Waals surface area contributed by atoms with Crippen LogP contribution in [0.15, 0.2) is 0 Å². The van der Waals surface area contributed by atoms with Crippen molar-refractivity contribution in [3.8, 4) is 0 Å². The predicted molar refractivity (Wildman–Crippen MR) is 173 cm³/mol. The number of aliphatic hydroxyl groups is 2. The molecule has 0 spiro atoms. The molecule has 0 aliphatic carbocycles. The predicted octanol–water partition coefficient (Wildman–Crippen LogP) is 11.3. The molecular weight excluding hydrogens is 496 g/mol. The second kappa shape index (κ2) is 31.3. The number of aliphatic hydroxyl groups excluding tert-OH is 1. The maximum atomic E-state index is 11.4. The summed E-state index contributed by atoms with van der Waals surface area (Å²) in [7, 11) is 0. The summed E-state index contributed by atoms with van der Waals surface area (Å²) in [6.45, 7) is 2.61. The van der Waals surface area contributed by atoms with Crippen molar-refractivity contribution in [2.24, 2.45) is 0 Å². The van der Waals surface area contributed by atoms with Gasteiger partial charge in [0.05, 0.1) is 5.60 Å². The fourth-order valence-corrected chi connectivity index (χ4v) is 6.09. The molecule has 0 aromatic carbocycles. The van der Waals surface area contributed by atoms with Gasteiger partial charge in [0.2, 0.25) is 0 Å². The summed E-state index contributed by atoms with van der Waals surface area (Å²) >= 11 is 0. The lowest BCUT2D eigenvalue weighted by Crippen LogP contribution is -2.28. The Morgan fingerprint density at radius 2 is 0.725 bits per heavy atom. The Bertz CT molecular complexity index is 509. The summed E-state index contributed by atoms with van der Waals surface area (Å²) in [5.74, 6) is -0.674. The van der Waals surface area contributed by atoms with Gasteiger partial charge in [0.15, 0.2) is 0 Å². The first-order valence-corrected chi connectivity index (χ1v) is 18.1. The fourth-order valence-electron chi connectivity index (χ4n) is 6.09. The van der Waals surface area contributed by atoms with E-state index in [1.54, 1.807) is 0 Å². The highest BCUT2D eigenvalue weighted by atomic mass is 16.4. The number of carbonyl (C=O) groups is 1. The van der Waals surface area contributed by atoms with Crippen LogP contribution in [0, 0.1) is 0 Å². The molecule has 1 atom stereocenters. The molecule has 0 saturated heterocycles. The second-order valence-corrected chi connectivity index (χ2v) is 12.9. The van der Waals surface area contributed by atoms with Crippen LogP contribution in [-0.4, -0.2) is 33.5 Å². The van der Waals surface area contributed by atoms with E-state index >= 15 is 0 Å². The molecule has 240 valence electrons. The first-order chi connectivity index (χ1) is 19.5. The topological polar surface area (TPSA) is 77.8 Å². The Hall–Kier alpha value is -0.610. The van der Waals surface area contributed by atoms with Gasteiger partial charge in [0.25, 0.3) is 0 Å². The monoisotopic (exact) mass is 569 g/mol. The summed E-state index contributed by atoms with van der Waals surface area (Å²) in [5.41, 5.74) is -0.440. The Labute approximate surface area is 250 Å². The zero-order valence-electron chi connectivity index (χ0n) is 27.1. The molecule has 0 fully saturated rings. The van der Waals surface area contributed by atoms with Gasteiger partial charge < -0.3 is 15.3 Å². The molecule has 0 amide bonds. The zero-order chi connectivity index (χ0) is 29.4. The van der Waals surface area contributed by atoms with E-state index < -0.39 is 11.6 Å². The number of rotatable bonds is 34. The minimum absolute atomic E-state index is 0.311. The van der Waals surface area contributed by atoms with Gasteiger partial charge in [0, 0.05) is 13.0 Å². The molecule has 3 N–H and O–H groups in total. The van der Waals surface area contributed by atoms with Crippen LogP contribution in [0.2, 0.25) is 0 Å².